The van der Waals surface area contributed by atoms with Gasteiger partial charge < -0.3 is 14.7 Å². The number of ether oxygens (including phenoxy) is 2. The monoisotopic (exact) mass is 443 g/mol. The third kappa shape index (κ3) is 4.65. The lowest BCUT2D eigenvalue weighted by molar-refractivity contribution is -0.151. The van der Waals surface area contributed by atoms with Crippen molar-refractivity contribution >= 4 is 17.5 Å². The van der Waals surface area contributed by atoms with Crippen molar-refractivity contribution in [2.75, 3.05) is 7.11 Å². The van der Waals surface area contributed by atoms with Crippen LogP contribution >= 0.6 is 0 Å². The van der Waals surface area contributed by atoms with Gasteiger partial charge in [0, 0.05) is 5.56 Å². The van der Waals surface area contributed by atoms with Crippen molar-refractivity contribution in [3.05, 3.63) is 102 Å². The molecular formula is C27H25NO5. The third-order valence-corrected chi connectivity index (χ3v) is 5.97. The van der Waals surface area contributed by atoms with Gasteiger partial charge in [0.05, 0.1) is 13.0 Å². The number of ketones is 1. The largest absolute Gasteiger partial charge is 0.489 e. The molecule has 168 valence electrons. The highest BCUT2D eigenvalue weighted by atomic mass is 16.5. The molecule has 3 aromatic rings. The Labute approximate surface area is 192 Å². The van der Waals surface area contributed by atoms with E-state index in [1.807, 2.05) is 48.5 Å². The van der Waals surface area contributed by atoms with Crippen molar-refractivity contribution in [3.8, 4) is 5.75 Å². The van der Waals surface area contributed by atoms with Crippen LogP contribution in [0.1, 0.15) is 35.4 Å². The summed E-state index contributed by atoms with van der Waals surface area (Å²) >= 11 is 0. The number of benzene rings is 3. The summed E-state index contributed by atoms with van der Waals surface area (Å²) in [5.41, 5.74) is 1.24. The van der Waals surface area contributed by atoms with E-state index in [2.05, 4.69) is 5.16 Å². The molecule has 6 heteroatoms. The lowest BCUT2D eigenvalue weighted by Gasteiger charge is -2.22. The van der Waals surface area contributed by atoms with E-state index >= 15 is 0 Å². The third-order valence-electron chi connectivity index (χ3n) is 5.97. The minimum Gasteiger partial charge on any atom is -0.489 e. The number of esters is 1. The molecule has 1 aliphatic carbocycles. The number of rotatable bonds is 9. The second-order valence-corrected chi connectivity index (χ2v) is 8.07. The quantitative estimate of drug-likeness (QED) is 0.170. The van der Waals surface area contributed by atoms with Gasteiger partial charge in [0.2, 0.25) is 0 Å². The van der Waals surface area contributed by atoms with Gasteiger partial charge in [-0.3, -0.25) is 9.59 Å². The van der Waals surface area contributed by atoms with Crippen LogP contribution in [-0.4, -0.2) is 29.8 Å². The zero-order valence-electron chi connectivity index (χ0n) is 18.3. The Bertz CT molecular complexity index is 1140. The van der Waals surface area contributed by atoms with E-state index in [0.29, 0.717) is 36.3 Å². The van der Waals surface area contributed by atoms with Crippen LogP contribution in [-0.2, 0) is 20.9 Å². The van der Waals surface area contributed by atoms with Crippen LogP contribution in [0.5, 0.6) is 5.75 Å². The SMILES string of the molecule is COC(=O)C1(C(=O)C(C(=NO)c2ccc(OCc3ccccc3)cc2)c2ccccc2)CC1. The number of hydrogen-bond acceptors (Lipinski definition) is 6. The topological polar surface area (TPSA) is 85.2 Å². The summed E-state index contributed by atoms with van der Waals surface area (Å²) in [5.74, 6) is -1.13. The van der Waals surface area contributed by atoms with E-state index in [4.69, 9.17) is 9.47 Å². The Kier molecular flexibility index (Phi) is 6.54. The average molecular weight is 443 g/mol. The van der Waals surface area contributed by atoms with Crippen LogP contribution < -0.4 is 4.74 Å². The lowest BCUT2D eigenvalue weighted by Crippen LogP contribution is -2.35. The maximum Gasteiger partial charge on any atom is 0.319 e. The number of hydrogen-bond donors (Lipinski definition) is 1. The highest BCUT2D eigenvalue weighted by molar-refractivity contribution is 6.23. The van der Waals surface area contributed by atoms with E-state index in [-0.39, 0.29) is 11.5 Å². The van der Waals surface area contributed by atoms with E-state index in [9.17, 15) is 14.8 Å². The number of carbonyl (C=O) groups is 2. The molecule has 0 bridgehead atoms. The Hall–Kier alpha value is -3.93. The molecule has 0 radical (unpaired) electrons. The lowest BCUT2D eigenvalue weighted by atomic mass is 9.80. The molecule has 4 rings (SSSR count). The molecule has 1 saturated carbocycles. The summed E-state index contributed by atoms with van der Waals surface area (Å²) in [7, 11) is 1.28. The maximum absolute atomic E-state index is 13.6. The molecule has 1 atom stereocenters. The predicted octanol–water partition coefficient (Wildman–Crippen LogP) is 4.75. The van der Waals surface area contributed by atoms with Gasteiger partial charge in [-0.15, -0.1) is 0 Å². The molecule has 0 saturated heterocycles. The molecular weight excluding hydrogens is 418 g/mol. The Balaban J connectivity index is 1.61. The molecule has 33 heavy (non-hydrogen) atoms. The molecule has 0 aliphatic heterocycles. The first kappa shape index (κ1) is 22.3. The number of Topliss-reactive ketones (excluding diaryl/α,β-unsaturated/α-hetero) is 1. The molecule has 0 amide bonds. The van der Waals surface area contributed by atoms with Gasteiger partial charge in [0.15, 0.2) is 5.78 Å². The van der Waals surface area contributed by atoms with Gasteiger partial charge in [0.1, 0.15) is 23.5 Å². The Morgan fingerprint density at radius 2 is 1.55 bits per heavy atom. The highest BCUT2D eigenvalue weighted by Gasteiger charge is 2.60. The van der Waals surface area contributed by atoms with Crippen molar-refractivity contribution in [1.29, 1.82) is 0 Å². The number of nitrogens with zero attached hydrogens (tertiary/aromatic N) is 1. The van der Waals surface area contributed by atoms with E-state index in [1.165, 1.54) is 7.11 Å². The molecule has 0 heterocycles. The molecule has 1 fully saturated rings. The van der Waals surface area contributed by atoms with Gasteiger partial charge in [-0.25, -0.2) is 0 Å². The minimum atomic E-state index is -1.19. The fourth-order valence-corrected chi connectivity index (χ4v) is 3.97. The van der Waals surface area contributed by atoms with Gasteiger partial charge in [-0.05, 0) is 48.2 Å². The van der Waals surface area contributed by atoms with E-state index in [0.717, 1.165) is 5.56 Å². The van der Waals surface area contributed by atoms with Crippen molar-refractivity contribution in [2.45, 2.75) is 25.4 Å². The first-order valence-electron chi connectivity index (χ1n) is 10.8. The van der Waals surface area contributed by atoms with Crippen LogP contribution in [0.25, 0.3) is 0 Å². The van der Waals surface area contributed by atoms with Crippen LogP contribution in [0, 0.1) is 5.41 Å². The molecule has 1 unspecified atom stereocenters. The maximum atomic E-state index is 13.6. The first-order valence-corrected chi connectivity index (χ1v) is 10.8. The summed E-state index contributed by atoms with van der Waals surface area (Å²) in [6.45, 7) is 0.425. The number of methoxy groups -OCH3 is 1. The molecule has 0 aromatic heterocycles. The molecule has 0 spiro atoms. The zero-order valence-corrected chi connectivity index (χ0v) is 18.3. The fourth-order valence-electron chi connectivity index (χ4n) is 3.97. The zero-order chi connectivity index (χ0) is 23.3. The van der Waals surface area contributed by atoms with Gasteiger partial charge in [-0.2, -0.15) is 0 Å². The van der Waals surface area contributed by atoms with Crippen molar-refractivity contribution in [2.24, 2.45) is 10.6 Å². The number of oxime groups is 1. The van der Waals surface area contributed by atoms with Crippen LogP contribution in [0.4, 0.5) is 0 Å². The average Bonchev–Trinajstić information content (AvgIpc) is 3.69. The number of carbonyl (C=O) groups excluding carboxylic acids is 2. The van der Waals surface area contributed by atoms with Gasteiger partial charge in [0.25, 0.3) is 0 Å². The summed E-state index contributed by atoms with van der Waals surface area (Å²) < 4.78 is 10.7. The van der Waals surface area contributed by atoms with Crippen LogP contribution in [0.2, 0.25) is 0 Å². The highest BCUT2D eigenvalue weighted by Crippen LogP contribution is 2.51. The summed E-state index contributed by atoms with van der Waals surface area (Å²) in [6.07, 6.45) is 0.847. The van der Waals surface area contributed by atoms with Crippen LogP contribution in [0.15, 0.2) is 90.1 Å². The molecule has 1 aliphatic rings. The van der Waals surface area contributed by atoms with Crippen molar-refractivity contribution in [3.63, 3.8) is 0 Å². The van der Waals surface area contributed by atoms with Crippen molar-refractivity contribution in [1.82, 2.24) is 0 Å². The minimum absolute atomic E-state index is 0.177. The normalized spacial score (nSPS) is 15.4. The fraction of sp³-hybridized carbons (Fsp3) is 0.222. The molecule has 6 nitrogen and oxygen atoms in total. The Morgan fingerprint density at radius 1 is 0.939 bits per heavy atom. The van der Waals surface area contributed by atoms with Crippen LogP contribution in [0.3, 0.4) is 0 Å². The smallest absolute Gasteiger partial charge is 0.319 e. The standard InChI is InChI=1S/C27H25NO5/c1-32-26(30)27(16-17-27)25(29)23(20-10-6-3-7-11-20)24(28-31)21-12-14-22(15-13-21)33-18-19-8-4-2-5-9-19/h2-15,23,31H,16-18H2,1H3. The molecule has 1 N–H and O–H groups in total. The van der Waals surface area contributed by atoms with E-state index in [1.54, 1.807) is 36.4 Å². The Morgan fingerprint density at radius 3 is 2.09 bits per heavy atom. The van der Waals surface area contributed by atoms with Gasteiger partial charge >= 0.3 is 5.97 Å². The first-order chi connectivity index (χ1) is 16.1. The second-order valence-electron chi connectivity index (χ2n) is 8.07. The predicted molar refractivity (Wildman–Crippen MR) is 123 cm³/mol. The second kappa shape index (κ2) is 9.69. The summed E-state index contributed by atoms with van der Waals surface area (Å²) in [5, 5.41) is 13.5. The van der Waals surface area contributed by atoms with E-state index < -0.39 is 17.3 Å². The van der Waals surface area contributed by atoms with Gasteiger partial charge in [-0.1, -0.05) is 65.8 Å². The summed E-state index contributed by atoms with van der Waals surface area (Å²) in [4.78, 5) is 26.0. The van der Waals surface area contributed by atoms with Crippen molar-refractivity contribution < 1.29 is 24.3 Å². The molecule has 3 aromatic carbocycles. The summed E-state index contributed by atoms with van der Waals surface area (Å²) in [6, 6.07) is 25.9.